The van der Waals surface area contributed by atoms with Gasteiger partial charge in [0.15, 0.2) is 0 Å². The molecule has 9 heteroatoms. The Morgan fingerprint density at radius 3 is 2.26 bits per heavy atom. The topological polar surface area (TPSA) is 62.1 Å². The number of benzene rings is 3. The Morgan fingerprint density at radius 1 is 0.881 bits per heavy atom. The van der Waals surface area contributed by atoms with Crippen LogP contribution < -0.4 is 10.1 Å². The van der Waals surface area contributed by atoms with E-state index in [0.717, 1.165) is 68.8 Å². The molecule has 2 aromatic heterocycles. The minimum absolute atomic E-state index is 0.0977. The first-order valence-corrected chi connectivity index (χ1v) is 14.6. The number of urea groups is 1. The maximum absolute atomic E-state index is 12.9. The summed E-state index contributed by atoms with van der Waals surface area (Å²) in [5.74, 6) is 0.752. The molecular formula is C33H31Cl2N5O2. The van der Waals surface area contributed by atoms with Crippen LogP contribution in [0.2, 0.25) is 10.0 Å². The Kier molecular flexibility index (Phi) is 8.07. The van der Waals surface area contributed by atoms with Crippen LogP contribution in [0.3, 0.4) is 0 Å². The first kappa shape index (κ1) is 28.1. The number of hydrogen-bond acceptors (Lipinski definition) is 4. The highest BCUT2D eigenvalue weighted by molar-refractivity contribution is 6.31. The van der Waals surface area contributed by atoms with Crippen molar-refractivity contribution in [1.29, 1.82) is 0 Å². The van der Waals surface area contributed by atoms with Crippen molar-refractivity contribution in [3.8, 4) is 28.1 Å². The Morgan fingerprint density at radius 2 is 1.57 bits per heavy atom. The second-order valence-corrected chi connectivity index (χ2v) is 11.3. The molecule has 42 heavy (non-hydrogen) atoms. The summed E-state index contributed by atoms with van der Waals surface area (Å²) >= 11 is 12.4. The van der Waals surface area contributed by atoms with E-state index in [0.29, 0.717) is 24.7 Å². The molecule has 0 saturated carbocycles. The molecule has 0 radical (unpaired) electrons. The fourth-order valence-electron chi connectivity index (χ4n) is 5.39. The summed E-state index contributed by atoms with van der Waals surface area (Å²) < 4.78 is 7.40. The van der Waals surface area contributed by atoms with Gasteiger partial charge in [-0.1, -0.05) is 41.4 Å². The number of nitrogens with one attached hydrogen (secondary N) is 1. The third-order valence-electron chi connectivity index (χ3n) is 7.71. The Hall–Kier alpha value is -4.04. The molecule has 1 N–H and O–H groups in total. The lowest BCUT2D eigenvalue weighted by Gasteiger charge is -2.34. The maximum atomic E-state index is 12.9. The molecule has 5 aromatic rings. The fourth-order valence-corrected chi connectivity index (χ4v) is 5.74. The molecule has 6 rings (SSSR count). The number of imidazole rings is 1. The van der Waals surface area contributed by atoms with Crippen LogP contribution in [0.5, 0.6) is 5.75 Å². The van der Waals surface area contributed by atoms with E-state index in [1.165, 1.54) is 0 Å². The summed E-state index contributed by atoms with van der Waals surface area (Å²) in [6.07, 6.45) is 2.16. The molecule has 0 unspecified atom stereocenters. The van der Waals surface area contributed by atoms with Gasteiger partial charge in [0.25, 0.3) is 0 Å². The van der Waals surface area contributed by atoms with Gasteiger partial charge in [-0.2, -0.15) is 0 Å². The molecule has 0 bridgehead atoms. The van der Waals surface area contributed by atoms with Gasteiger partial charge in [-0.15, -0.1) is 0 Å². The zero-order valence-electron chi connectivity index (χ0n) is 23.5. The quantitative estimate of drug-likeness (QED) is 0.218. The van der Waals surface area contributed by atoms with Crippen LogP contribution in [0.25, 0.3) is 28.0 Å². The lowest BCUT2D eigenvalue weighted by atomic mass is 10.0. The number of carbonyl (C=O) groups excluding carboxylic acids is 1. The zero-order valence-corrected chi connectivity index (χ0v) is 25.0. The van der Waals surface area contributed by atoms with Crippen molar-refractivity contribution < 1.29 is 9.53 Å². The van der Waals surface area contributed by atoms with Crippen LogP contribution in [0.4, 0.5) is 10.5 Å². The average Bonchev–Trinajstić information content (AvgIpc) is 3.35. The van der Waals surface area contributed by atoms with Crippen LogP contribution in [-0.4, -0.2) is 58.5 Å². The lowest BCUT2D eigenvalue weighted by molar-refractivity contribution is 0.142. The lowest BCUT2D eigenvalue weighted by Crippen LogP contribution is -2.49. The van der Waals surface area contributed by atoms with E-state index in [1.807, 2.05) is 65.6 Å². The number of carbonyl (C=O) groups is 1. The molecule has 1 aliphatic rings. The third kappa shape index (κ3) is 5.95. The van der Waals surface area contributed by atoms with Gasteiger partial charge in [-0.25, -0.2) is 9.78 Å². The van der Waals surface area contributed by atoms with Crippen molar-refractivity contribution in [3.63, 3.8) is 0 Å². The second kappa shape index (κ2) is 12.1. The number of piperazine rings is 1. The largest absolute Gasteiger partial charge is 0.497 e. The smallest absolute Gasteiger partial charge is 0.321 e. The van der Waals surface area contributed by atoms with Gasteiger partial charge >= 0.3 is 6.03 Å². The number of nitrogens with zero attached hydrogens (tertiary/aromatic N) is 4. The molecule has 0 aliphatic carbocycles. The van der Waals surface area contributed by atoms with E-state index in [9.17, 15) is 4.79 Å². The molecule has 0 atom stereocenters. The Bertz CT molecular complexity index is 1730. The molecule has 1 fully saturated rings. The van der Waals surface area contributed by atoms with Crippen molar-refractivity contribution in [2.24, 2.45) is 0 Å². The molecule has 214 valence electrons. The molecule has 3 heterocycles. The number of fused-ring (bicyclic) bond motifs is 1. The van der Waals surface area contributed by atoms with Crippen LogP contribution in [0.1, 0.15) is 11.3 Å². The molecule has 2 amide bonds. The third-order valence-corrected chi connectivity index (χ3v) is 8.20. The fraction of sp³-hybridized carbons (Fsp3) is 0.212. The highest BCUT2D eigenvalue weighted by atomic mass is 35.5. The molecule has 7 nitrogen and oxygen atoms in total. The van der Waals surface area contributed by atoms with Crippen molar-refractivity contribution in [3.05, 3.63) is 106 Å². The molecule has 1 saturated heterocycles. The average molecular weight is 601 g/mol. The van der Waals surface area contributed by atoms with Crippen molar-refractivity contribution in [1.82, 2.24) is 19.2 Å². The summed E-state index contributed by atoms with van der Waals surface area (Å²) in [5, 5.41) is 4.41. The van der Waals surface area contributed by atoms with Gasteiger partial charge in [-0.3, -0.25) is 4.90 Å². The molecular weight excluding hydrogens is 569 g/mol. The number of halogens is 2. The molecule has 1 aliphatic heterocycles. The van der Waals surface area contributed by atoms with Gasteiger partial charge < -0.3 is 19.4 Å². The van der Waals surface area contributed by atoms with Crippen LogP contribution in [-0.2, 0) is 6.54 Å². The summed E-state index contributed by atoms with van der Waals surface area (Å²) in [5.41, 5.74) is 8.00. The first-order valence-electron chi connectivity index (χ1n) is 13.8. The zero-order chi connectivity index (χ0) is 29.2. The monoisotopic (exact) mass is 599 g/mol. The van der Waals surface area contributed by atoms with E-state index in [-0.39, 0.29) is 6.03 Å². The minimum atomic E-state index is -0.0977. The van der Waals surface area contributed by atoms with Gasteiger partial charge in [-0.05, 0) is 84.3 Å². The highest BCUT2D eigenvalue weighted by Gasteiger charge is 2.24. The standard InChI is InChI=1S/C33H31Cl2N5O2/c1-22-19-26(35)8-13-29(22)24-5-14-31-37-32(23-3-6-25(34)7-4-23)30(40(31)20-24)21-38-15-17-39(18-16-38)33(41)36-27-9-11-28(42-2)12-10-27/h3-14,19-20H,15-18,21H2,1-2H3,(H,36,41). The summed E-state index contributed by atoms with van der Waals surface area (Å²) in [4.78, 5) is 22.2. The SMILES string of the molecule is COc1ccc(NC(=O)N2CCN(Cc3c(-c4ccc(Cl)cc4)nc4ccc(-c5ccc(Cl)cc5C)cn34)CC2)cc1. The van der Waals surface area contributed by atoms with Crippen LogP contribution in [0.15, 0.2) is 85.1 Å². The maximum Gasteiger partial charge on any atom is 0.321 e. The van der Waals surface area contributed by atoms with E-state index < -0.39 is 0 Å². The highest BCUT2D eigenvalue weighted by Crippen LogP contribution is 2.31. The minimum Gasteiger partial charge on any atom is -0.497 e. The molecule has 0 spiro atoms. The Labute approximate surface area is 255 Å². The number of aromatic nitrogens is 2. The number of ether oxygens (including phenoxy) is 1. The number of hydrogen-bond donors (Lipinski definition) is 1. The number of pyridine rings is 1. The van der Waals surface area contributed by atoms with Crippen molar-refractivity contribution in [2.45, 2.75) is 13.5 Å². The summed E-state index contributed by atoms with van der Waals surface area (Å²) in [7, 11) is 1.62. The predicted molar refractivity (Wildman–Crippen MR) is 170 cm³/mol. The van der Waals surface area contributed by atoms with Gasteiger partial charge in [0.2, 0.25) is 0 Å². The van der Waals surface area contributed by atoms with E-state index in [4.69, 9.17) is 32.9 Å². The van der Waals surface area contributed by atoms with Gasteiger partial charge in [0.1, 0.15) is 11.4 Å². The molecule has 3 aromatic carbocycles. The van der Waals surface area contributed by atoms with Crippen LogP contribution >= 0.6 is 23.2 Å². The number of rotatable bonds is 6. The summed E-state index contributed by atoms with van der Waals surface area (Å²) in [6, 6.07) is 25.2. The van der Waals surface area contributed by atoms with E-state index in [2.05, 4.69) is 45.9 Å². The van der Waals surface area contributed by atoms with E-state index >= 15 is 0 Å². The van der Waals surface area contributed by atoms with E-state index in [1.54, 1.807) is 7.11 Å². The number of methoxy groups -OCH3 is 1. The van der Waals surface area contributed by atoms with Gasteiger partial charge in [0, 0.05) is 60.2 Å². The van der Waals surface area contributed by atoms with Crippen molar-refractivity contribution in [2.75, 3.05) is 38.6 Å². The normalized spacial score (nSPS) is 13.9. The first-order chi connectivity index (χ1) is 20.4. The van der Waals surface area contributed by atoms with Gasteiger partial charge in [0.05, 0.1) is 18.5 Å². The summed E-state index contributed by atoms with van der Waals surface area (Å²) in [6.45, 7) is 5.52. The number of aryl methyl sites for hydroxylation is 1. The predicted octanol–water partition coefficient (Wildman–Crippen LogP) is 7.64. The second-order valence-electron chi connectivity index (χ2n) is 10.4. The van der Waals surface area contributed by atoms with Crippen LogP contribution in [0, 0.1) is 6.92 Å². The Balaban J connectivity index is 1.25. The number of anilines is 1. The number of amides is 2. The van der Waals surface area contributed by atoms with Crippen molar-refractivity contribution >= 4 is 40.6 Å².